The maximum atomic E-state index is 11.0. The average molecular weight is 546 g/mol. The van der Waals surface area contributed by atoms with Crippen molar-refractivity contribution in [3.63, 3.8) is 0 Å². The standard InChI is InChI=1S/C17H21N3O2S.C6H13NO.C6H13N/c1-13-17(23-12-19-13)15-4-2-14(3-5-15)16(18-11-21)10-20-6-8-22-9-7-20;1-6(2,3)5(7)4-8;1-6-4-3-5-7(6)2/h2-5,11-12,16H,6-10H2,1H3,(H,18,21);4-5H,7H2,1-3H3;6H,3-5H2,1-2H3. The fraction of sp³-hybridized carbons (Fsp3) is 0.621. The van der Waals surface area contributed by atoms with Crippen LogP contribution in [0.1, 0.15) is 57.8 Å². The lowest BCUT2D eigenvalue weighted by Crippen LogP contribution is -2.41. The Bertz CT molecular complexity index is 946. The molecule has 212 valence electrons. The van der Waals surface area contributed by atoms with Gasteiger partial charge in [-0.05, 0) is 56.8 Å². The van der Waals surface area contributed by atoms with E-state index in [0.717, 1.165) is 62.8 Å². The summed E-state index contributed by atoms with van der Waals surface area (Å²) in [6.07, 6.45) is 4.36. The topological polar surface area (TPSA) is 101 Å². The van der Waals surface area contributed by atoms with Crippen molar-refractivity contribution in [1.82, 2.24) is 20.1 Å². The van der Waals surface area contributed by atoms with Gasteiger partial charge in [0.05, 0.1) is 41.4 Å². The maximum Gasteiger partial charge on any atom is 0.207 e. The minimum Gasteiger partial charge on any atom is -0.379 e. The van der Waals surface area contributed by atoms with E-state index < -0.39 is 0 Å². The van der Waals surface area contributed by atoms with E-state index in [0.29, 0.717) is 0 Å². The number of amides is 1. The number of carbonyl (C=O) groups excluding carboxylic acids is 2. The van der Waals surface area contributed by atoms with Crippen molar-refractivity contribution in [2.75, 3.05) is 46.4 Å². The number of benzene rings is 1. The molecule has 3 heterocycles. The van der Waals surface area contributed by atoms with E-state index in [-0.39, 0.29) is 17.5 Å². The lowest BCUT2D eigenvalue weighted by molar-refractivity contribution is -0.111. The molecule has 4 rings (SSSR count). The highest BCUT2D eigenvalue weighted by molar-refractivity contribution is 7.13. The van der Waals surface area contributed by atoms with E-state index in [1.54, 1.807) is 11.3 Å². The third-order valence-electron chi connectivity index (χ3n) is 7.17. The van der Waals surface area contributed by atoms with E-state index in [9.17, 15) is 9.59 Å². The van der Waals surface area contributed by atoms with Crippen LogP contribution in [-0.4, -0.2) is 86.0 Å². The molecule has 3 atom stereocenters. The number of carbonyl (C=O) groups is 2. The van der Waals surface area contributed by atoms with Crippen LogP contribution >= 0.6 is 11.3 Å². The molecule has 0 aliphatic carbocycles. The maximum absolute atomic E-state index is 11.0. The largest absolute Gasteiger partial charge is 0.379 e. The van der Waals surface area contributed by atoms with Crippen LogP contribution in [0.25, 0.3) is 10.4 Å². The van der Waals surface area contributed by atoms with Crippen molar-refractivity contribution in [3.05, 3.63) is 41.0 Å². The van der Waals surface area contributed by atoms with Gasteiger partial charge >= 0.3 is 0 Å². The Hall–Kier alpha value is -2.17. The van der Waals surface area contributed by atoms with Gasteiger partial charge in [-0.2, -0.15) is 0 Å². The molecule has 0 bridgehead atoms. The summed E-state index contributed by atoms with van der Waals surface area (Å²) in [7, 11) is 2.19. The molecule has 3 unspecified atom stereocenters. The third-order valence-corrected chi connectivity index (χ3v) is 8.14. The molecule has 2 saturated heterocycles. The first-order chi connectivity index (χ1) is 18.1. The molecule has 3 N–H and O–H groups in total. The number of ether oxygens (including phenoxy) is 1. The summed E-state index contributed by atoms with van der Waals surface area (Å²) in [6.45, 7) is 15.6. The quantitative estimate of drug-likeness (QED) is 0.509. The summed E-state index contributed by atoms with van der Waals surface area (Å²) >= 11 is 1.65. The van der Waals surface area contributed by atoms with Gasteiger partial charge in [-0.25, -0.2) is 4.98 Å². The molecule has 0 spiro atoms. The highest BCUT2D eigenvalue weighted by atomic mass is 32.1. The molecular formula is C29H47N5O3S. The second-order valence-electron chi connectivity index (χ2n) is 11.1. The van der Waals surface area contributed by atoms with Crippen LogP contribution in [0.15, 0.2) is 29.8 Å². The highest BCUT2D eigenvalue weighted by Crippen LogP contribution is 2.28. The van der Waals surface area contributed by atoms with Gasteiger partial charge in [0.1, 0.15) is 6.29 Å². The van der Waals surface area contributed by atoms with Crippen LogP contribution in [0.4, 0.5) is 0 Å². The molecular weight excluding hydrogens is 498 g/mol. The summed E-state index contributed by atoms with van der Waals surface area (Å²) in [5, 5.41) is 2.94. The summed E-state index contributed by atoms with van der Waals surface area (Å²) in [5.74, 6) is 0. The second-order valence-corrected chi connectivity index (χ2v) is 12.0. The monoisotopic (exact) mass is 545 g/mol. The van der Waals surface area contributed by atoms with Crippen LogP contribution in [-0.2, 0) is 14.3 Å². The van der Waals surface area contributed by atoms with Gasteiger partial charge in [0.25, 0.3) is 0 Å². The van der Waals surface area contributed by atoms with E-state index in [4.69, 9.17) is 10.5 Å². The number of aryl methyl sites for hydroxylation is 1. The number of aldehydes is 1. The number of rotatable bonds is 7. The van der Waals surface area contributed by atoms with Crippen LogP contribution in [0.3, 0.4) is 0 Å². The first-order valence-electron chi connectivity index (χ1n) is 13.5. The molecule has 1 amide bonds. The molecule has 2 aliphatic heterocycles. The van der Waals surface area contributed by atoms with Gasteiger partial charge in [-0.3, -0.25) is 9.69 Å². The van der Waals surface area contributed by atoms with Crippen molar-refractivity contribution in [2.24, 2.45) is 11.1 Å². The van der Waals surface area contributed by atoms with Gasteiger partial charge in [0, 0.05) is 25.7 Å². The van der Waals surface area contributed by atoms with Crippen LogP contribution in [0, 0.1) is 12.3 Å². The number of hydrogen-bond acceptors (Lipinski definition) is 8. The van der Waals surface area contributed by atoms with Gasteiger partial charge in [0.2, 0.25) is 6.41 Å². The number of likely N-dealkylation sites (tertiary alicyclic amines) is 1. The minimum atomic E-state index is -0.331. The highest BCUT2D eigenvalue weighted by Gasteiger charge is 2.19. The summed E-state index contributed by atoms with van der Waals surface area (Å²) < 4.78 is 5.38. The minimum absolute atomic E-state index is 0.00204. The number of thiazole rings is 1. The predicted molar refractivity (Wildman–Crippen MR) is 156 cm³/mol. The number of hydrogen-bond donors (Lipinski definition) is 2. The fourth-order valence-corrected chi connectivity index (χ4v) is 4.92. The van der Waals surface area contributed by atoms with Crippen molar-refractivity contribution >= 4 is 24.0 Å². The first kappa shape index (κ1) is 32.0. The summed E-state index contributed by atoms with van der Waals surface area (Å²) in [5.41, 5.74) is 10.5. The van der Waals surface area contributed by atoms with Crippen molar-refractivity contribution < 1.29 is 14.3 Å². The molecule has 38 heavy (non-hydrogen) atoms. The number of nitrogens with zero attached hydrogens (tertiary/aromatic N) is 3. The molecule has 2 aromatic rings. The average Bonchev–Trinajstić information content (AvgIpc) is 3.51. The van der Waals surface area contributed by atoms with E-state index in [2.05, 4.69) is 58.3 Å². The van der Waals surface area contributed by atoms with Gasteiger partial charge < -0.3 is 25.5 Å². The van der Waals surface area contributed by atoms with Crippen LogP contribution in [0.5, 0.6) is 0 Å². The Labute approximate surface area is 232 Å². The number of morpholine rings is 1. The lowest BCUT2D eigenvalue weighted by Gasteiger charge is -2.30. The van der Waals surface area contributed by atoms with Gasteiger partial charge in [-0.15, -0.1) is 11.3 Å². The zero-order valence-corrected chi connectivity index (χ0v) is 24.8. The molecule has 9 heteroatoms. The second kappa shape index (κ2) is 16.1. The first-order valence-corrected chi connectivity index (χ1v) is 14.4. The Morgan fingerprint density at radius 1 is 1.18 bits per heavy atom. The Morgan fingerprint density at radius 2 is 1.84 bits per heavy atom. The Balaban J connectivity index is 0.000000276. The SMILES string of the molecule is CC(C)(C)C(N)C=O.CC1CCCN1C.Cc1ncsc1-c1ccc(C(CN2CCOCC2)NC=O)cc1. The zero-order chi connectivity index (χ0) is 28.1. The Morgan fingerprint density at radius 3 is 2.24 bits per heavy atom. The van der Waals surface area contributed by atoms with Crippen molar-refractivity contribution in [1.29, 1.82) is 0 Å². The van der Waals surface area contributed by atoms with E-state index in [1.807, 2.05) is 33.2 Å². The molecule has 2 fully saturated rings. The number of nitrogens with two attached hydrogens (primary N) is 1. The van der Waals surface area contributed by atoms with E-state index >= 15 is 0 Å². The Kier molecular flexibility index (Phi) is 13.5. The summed E-state index contributed by atoms with van der Waals surface area (Å²) in [4.78, 5) is 31.2. The molecule has 1 aromatic carbocycles. The van der Waals surface area contributed by atoms with Crippen molar-refractivity contribution in [3.8, 4) is 10.4 Å². The summed E-state index contributed by atoms with van der Waals surface area (Å²) in [6, 6.07) is 8.92. The molecule has 8 nitrogen and oxygen atoms in total. The van der Waals surface area contributed by atoms with Crippen LogP contribution in [0.2, 0.25) is 0 Å². The van der Waals surface area contributed by atoms with Gasteiger partial charge in [0.15, 0.2) is 0 Å². The molecule has 0 radical (unpaired) electrons. The fourth-order valence-electron chi connectivity index (χ4n) is 4.11. The predicted octanol–water partition coefficient (Wildman–Crippen LogP) is 3.90. The van der Waals surface area contributed by atoms with Crippen molar-refractivity contribution in [2.45, 2.75) is 65.6 Å². The zero-order valence-electron chi connectivity index (χ0n) is 24.0. The third kappa shape index (κ3) is 10.5. The smallest absolute Gasteiger partial charge is 0.207 e. The van der Waals surface area contributed by atoms with Crippen LogP contribution < -0.4 is 11.1 Å². The number of aromatic nitrogens is 1. The van der Waals surface area contributed by atoms with E-state index in [1.165, 1.54) is 29.8 Å². The molecule has 2 aliphatic rings. The molecule has 1 aromatic heterocycles. The normalized spacial score (nSPS) is 19.8. The van der Waals surface area contributed by atoms with Gasteiger partial charge in [-0.1, -0.05) is 45.0 Å². The number of nitrogens with one attached hydrogen (secondary N) is 1. The lowest BCUT2D eigenvalue weighted by atomic mass is 9.89. The molecule has 0 saturated carbocycles.